The summed E-state index contributed by atoms with van der Waals surface area (Å²) >= 11 is 0. The van der Waals surface area contributed by atoms with Gasteiger partial charge in [-0.25, -0.2) is 24.7 Å². The Morgan fingerprint density at radius 1 is 1.21 bits per heavy atom. The number of amidine groups is 1. The third-order valence-electron chi connectivity index (χ3n) is 7.05. The van der Waals surface area contributed by atoms with Crippen LogP contribution in [0.2, 0.25) is 0 Å². The number of fused-ring (bicyclic) bond motifs is 2. The van der Waals surface area contributed by atoms with Crippen LogP contribution in [0.5, 0.6) is 0 Å². The van der Waals surface area contributed by atoms with Gasteiger partial charge in [-0.15, -0.1) is 0 Å². The molecule has 0 radical (unpaired) electrons. The number of amides is 2. The van der Waals surface area contributed by atoms with E-state index in [2.05, 4.69) is 37.0 Å². The molecule has 0 saturated carbocycles. The van der Waals surface area contributed by atoms with Crippen LogP contribution in [0, 0.1) is 11.8 Å². The van der Waals surface area contributed by atoms with Crippen LogP contribution in [0.4, 0.5) is 4.79 Å². The van der Waals surface area contributed by atoms with E-state index >= 15 is 0 Å². The minimum Gasteiger partial charge on any atom is -0.381 e. The maximum Gasteiger partial charge on any atom is 0.329 e. The first-order chi connectivity index (χ1) is 16.1. The van der Waals surface area contributed by atoms with Crippen LogP contribution in [0.3, 0.4) is 0 Å². The number of rotatable bonds is 4. The summed E-state index contributed by atoms with van der Waals surface area (Å²) in [6, 6.07) is 4.17. The highest BCUT2D eigenvalue weighted by Crippen LogP contribution is 2.30. The first-order valence-electron chi connectivity index (χ1n) is 11.7. The van der Waals surface area contributed by atoms with Crippen LogP contribution in [0.25, 0.3) is 11.0 Å². The van der Waals surface area contributed by atoms with Gasteiger partial charge in [0.05, 0.1) is 6.54 Å². The van der Waals surface area contributed by atoms with Crippen molar-refractivity contribution in [3.8, 4) is 0 Å². The van der Waals surface area contributed by atoms with Crippen molar-refractivity contribution in [1.82, 2.24) is 35.0 Å². The lowest BCUT2D eigenvalue weighted by molar-refractivity contribution is 0.0459. The summed E-state index contributed by atoms with van der Waals surface area (Å²) in [4.78, 5) is 37.5. The summed E-state index contributed by atoms with van der Waals surface area (Å²) in [7, 11) is 0. The average molecular weight is 449 g/mol. The highest BCUT2D eigenvalue weighted by Gasteiger charge is 2.40. The number of hydrogen-bond donors (Lipinski definition) is 1. The van der Waals surface area contributed by atoms with Gasteiger partial charge in [-0.2, -0.15) is 0 Å². The molecule has 0 aromatic carbocycles. The van der Waals surface area contributed by atoms with E-state index in [0.29, 0.717) is 25.2 Å². The monoisotopic (exact) mass is 448 g/mol. The molecule has 0 spiro atoms. The highest BCUT2D eigenvalue weighted by molar-refractivity contribution is 6.02. The third kappa shape index (κ3) is 3.93. The van der Waals surface area contributed by atoms with Gasteiger partial charge in [0.1, 0.15) is 18.3 Å². The van der Waals surface area contributed by atoms with Crippen LogP contribution >= 0.6 is 0 Å². The molecule has 6 heterocycles. The van der Waals surface area contributed by atoms with Crippen LogP contribution in [-0.2, 0) is 11.3 Å². The van der Waals surface area contributed by atoms with E-state index < -0.39 is 0 Å². The van der Waals surface area contributed by atoms with Gasteiger partial charge >= 0.3 is 6.03 Å². The average Bonchev–Trinajstić information content (AvgIpc) is 3.43. The predicted molar refractivity (Wildman–Crippen MR) is 122 cm³/mol. The van der Waals surface area contributed by atoms with Gasteiger partial charge in [0.2, 0.25) is 0 Å². The molecule has 1 N–H and O–H groups in total. The standard InChI is InChI=1S/C23H28N8O2/c1-15-10-29(12-19-25-9-16-3-2-6-24-21(16)26-19)11-18(15)22-27-20-13-30(14-31(20)23(32)28-22)17-4-7-33-8-5-17/h2-3,6,9,13,15,17-18H,4-5,7-8,10-12,14H2,1H3,(H,27,28,32). The Bertz CT molecular complexity index is 1130. The molecule has 2 aromatic rings. The molecule has 2 amide bonds. The Kier molecular flexibility index (Phi) is 5.18. The van der Waals surface area contributed by atoms with Gasteiger partial charge in [0.25, 0.3) is 0 Å². The molecule has 2 saturated heterocycles. The molecule has 0 aliphatic carbocycles. The zero-order chi connectivity index (χ0) is 22.4. The number of aromatic nitrogens is 3. The lowest BCUT2D eigenvalue weighted by Crippen LogP contribution is -2.50. The lowest BCUT2D eigenvalue weighted by atomic mass is 9.96. The molecule has 2 unspecified atom stereocenters. The molecule has 6 rings (SSSR count). The Labute approximate surface area is 192 Å². The van der Waals surface area contributed by atoms with Gasteiger partial charge < -0.3 is 9.64 Å². The van der Waals surface area contributed by atoms with E-state index in [9.17, 15) is 4.79 Å². The van der Waals surface area contributed by atoms with E-state index in [1.165, 1.54) is 0 Å². The number of carbonyl (C=O) groups is 1. The SMILES string of the molecule is CC1CN(Cc2ncc3cccnc3n2)CC1C1=NC2=CN(C3CCOCC3)CN2C(=O)N1. The molecule has 172 valence electrons. The second-order valence-electron chi connectivity index (χ2n) is 9.32. The molecule has 2 aromatic heterocycles. The highest BCUT2D eigenvalue weighted by atomic mass is 16.5. The normalized spacial score (nSPS) is 26.4. The molecular formula is C23H28N8O2. The summed E-state index contributed by atoms with van der Waals surface area (Å²) in [5, 5.41) is 4.01. The minimum atomic E-state index is -0.0876. The molecule has 10 nitrogen and oxygen atoms in total. The van der Waals surface area contributed by atoms with E-state index in [4.69, 9.17) is 9.73 Å². The van der Waals surface area contributed by atoms with Crippen LogP contribution in [-0.4, -0.2) is 80.5 Å². The molecule has 4 aliphatic heterocycles. The first kappa shape index (κ1) is 20.5. The van der Waals surface area contributed by atoms with E-state index in [0.717, 1.165) is 67.7 Å². The van der Waals surface area contributed by atoms with Crippen molar-refractivity contribution in [2.45, 2.75) is 32.4 Å². The summed E-state index contributed by atoms with van der Waals surface area (Å²) in [6.07, 6.45) is 7.59. The zero-order valence-corrected chi connectivity index (χ0v) is 18.7. The largest absolute Gasteiger partial charge is 0.381 e. The van der Waals surface area contributed by atoms with Crippen LogP contribution < -0.4 is 5.32 Å². The smallest absolute Gasteiger partial charge is 0.329 e. The fraction of sp³-hybridized carbons (Fsp3) is 0.522. The molecule has 10 heteroatoms. The number of nitrogens with zero attached hydrogens (tertiary/aromatic N) is 7. The van der Waals surface area contributed by atoms with Gasteiger partial charge in [-0.3, -0.25) is 15.1 Å². The maximum absolute atomic E-state index is 12.9. The summed E-state index contributed by atoms with van der Waals surface area (Å²) in [5.41, 5.74) is 0.720. The van der Waals surface area contributed by atoms with Crippen LogP contribution in [0.15, 0.2) is 41.5 Å². The molecule has 2 atom stereocenters. The molecular weight excluding hydrogens is 420 g/mol. The van der Waals surface area contributed by atoms with Gasteiger partial charge in [0, 0.05) is 62.2 Å². The Hall–Kier alpha value is -3.11. The number of nitrogens with one attached hydrogen (secondary N) is 1. The predicted octanol–water partition coefficient (Wildman–Crippen LogP) is 1.77. The van der Waals surface area contributed by atoms with Gasteiger partial charge in [-0.1, -0.05) is 6.92 Å². The summed E-state index contributed by atoms with van der Waals surface area (Å²) in [5.74, 6) is 2.80. The number of aliphatic imine (C=N–C) groups is 1. The Morgan fingerprint density at radius 2 is 2.09 bits per heavy atom. The topological polar surface area (TPSA) is 99.1 Å². The second-order valence-corrected chi connectivity index (χ2v) is 9.32. The number of likely N-dealkylation sites (tertiary alicyclic amines) is 1. The lowest BCUT2D eigenvalue weighted by Gasteiger charge is -2.32. The first-order valence-corrected chi connectivity index (χ1v) is 11.7. The second kappa shape index (κ2) is 8.35. The van der Waals surface area contributed by atoms with Crippen molar-refractivity contribution in [3.05, 3.63) is 42.4 Å². The van der Waals surface area contributed by atoms with Crippen molar-refractivity contribution >= 4 is 22.9 Å². The number of urea groups is 1. The quantitative estimate of drug-likeness (QED) is 0.761. The van der Waals surface area contributed by atoms with Crippen LogP contribution in [0.1, 0.15) is 25.6 Å². The number of ether oxygens (including phenoxy) is 1. The fourth-order valence-corrected chi connectivity index (χ4v) is 5.22. The van der Waals surface area contributed by atoms with Crippen molar-refractivity contribution in [3.63, 3.8) is 0 Å². The maximum atomic E-state index is 12.9. The van der Waals surface area contributed by atoms with Crippen molar-refractivity contribution in [2.75, 3.05) is 33.0 Å². The number of pyridine rings is 1. The molecule has 0 bridgehead atoms. The van der Waals surface area contributed by atoms with E-state index in [1.807, 2.05) is 24.5 Å². The van der Waals surface area contributed by atoms with Gasteiger partial charge in [-0.05, 0) is 30.9 Å². The number of hydrogen-bond acceptors (Lipinski definition) is 8. The summed E-state index contributed by atoms with van der Waals surface area (Å²) in [6.45, 7) is 6.69. The Morgan fingerprint density at radius 3 is 2.97 bits per heavy atom. The van der Waals surface area contributed by atoms with Gasteiger partial charge in [0.15, 0.2) is 11.5 Å². The third-order valence-corrected chi connectivity index (χ3v) is 7.05. The molecule has 4 aliphatic rings. The van der Waals surface area contributed by atoms with E-state index in [1.54, 1.807) is 11.1 Å². The number of carbonyl (C=O) groups excluding carboxylic acids is 1. The fourth-order valence-electron chi connectivity index (χ4n) is 5.22. The van der Waals surface area contributed by atoms with Crippen molar-refractivity contribution < 1.29 is 9.53 Å². The van der Waals surface area contributed by atoms with E-state index in [-0.39, 0.29) is 11.9 Å². The Balaban J connectivity index is 1.17. The van der Waals surface area contributed by atoms with Crippen molar-refractivity contribution in [1.29, 1.82) is 0 Å². The zero-order valence-electron chi connectivity index (χ0n) is 18.7. The molecule has 2 fully saturated rings. The van der Waals surface area contributed by atoms with Crippen molar-refractivity contribution in [2.24, 2.45) is 16.8 Å². The summed E-state index contributed by atoms with van der Waals surface area (Å²) < 4.78 is 5.48. The molecule has 33 heavy (non-hydrogen) atoms. The minimum absolute atomic E-state index is 0.0876.